The standard InChI is InChI=1S/C12H17N3O3S2/c1-4-7-9(20-14-13-7)10(16)15-8(12(17)18)5-19-11(15)6(2)3/h6,8,11H,4-5H2,1-3H3,(H,17,18). The van der Waals surface area contributed by atoms with Crippen molar-refractivity contribution in [1.82, 2.24) is 14.5 Å². The van der Waals surface area contributed by atoms with Gasteiger partial charge in [-0.3, -0.25) is 4.79 Å². The second kappa shape index (κ2) is 6.09. The molecule has 1 fully saturated rings. The summed E-state index contributed by atoms with van der Waals surface area (Å²) in [4.78, 5) is 26.0. The lowest BCUT2D eigenvalue weighted by molar-refractivity contribution is -0.141. The monoisotopic (exact) mass is 315 g/mol. The highest BCUT2D eigenvalue weighted by molar-refractivity contribution is 8.00. The van der Waals surface area contributed by atoms with Gasteiger partial charge in [0.2, 0.25) is 0 Å². The van der Waals surface area contributed by atoms with E-state index in [1.807, 2.05) is 20.8 Å². The molecule has 2 heterocycles. The van der Waals surface area contributed by atoms with Crippen LogP contribution in [0.4, 0.5) is 0 Å². The van der Waals surface area contributed by atoms with E-state index in [1.165, 1.54) is 16.7 Å². The van der Waals surface area contributed by atoms with Crippen molar-refractivity contribution in [2.24, 2.45) is 5.92 Å². The molecule has 1 aromatic heterocycles. The highest BCUT2D eigenvalue weighted by Crippen LogP contribution is 2.35. The molecule has 0 radical (unpaired) electrons. The lowest BCUT2D eigenvalue weighted by Crippen LogP contribution is -2.47. The first-order chi connectivity index (χ1) is 9.47. The lowest BCUT2D eigenvalue weighted by atomic mass is 10.1. The van der Waals surface area contributed by atoms with Gasteiger partial charge in [0.25, 0.3) is 5.91 Å². The minimum atomic E-state index is -0.954. The fourth-order valence-corrected chi connectivity index (χ4v) is 4.37. The van der Waals surface area contributed by atoms with Crippen molar-refractivity contribution in [2.75, 3.05) is 5.75 Å². The normalized spacial score (nSPS) is 22.5. The molecule has 0 aliphatic carbocycles. The molecule has 2 rings (SSSR count). The first kappa shape index (κ1) is 15.2. The number of aryl methyl sites for hydroxylation is 1. The quantitative estimate of drug-likeness (QED) is 0.911. The molecule has 1 aromatic rings. The number of hydrogen-bond acceptors (Lipinski definition) is 6. The molecule has 1 amide bonds. The maximum absolute atomic E-state index is 12.7. The Morgan fingerprint density at radius 2 is 2.20 bits per heavy atom. The number of aliphatic carboxylic acids is 1. The number of nitrogens with zero attached hydrogens (tertiary/aromatic N) is 3. The number of amides is 1. The number of carboxylic acid groups (broad SMARTS) is 1. The number of aromatic nitrogens is 2. The van der Waals surface area contributed by atoms with Crippen molar-refractivity contribution in [3.63, 3.8) is 0 Å². The molecule has 1 saturated heterocycles. The van der Waals surface area contributed by atoms with Crippen LogP contribution < -0.4 is 0 Å². The number of rotatable bonds is 4. The summed E-state index contributed by atoms with van der Waals surface area (Å²) in [6.07, 6.45) is 0.614. The van der Waals surface area contributed by atoms with Gasteiger partial charge in [-0.05, 0) is 23.9 Å². The summed E-state index contributed by atoms with van der Waals surface area (Å²) in [7, 11) is 0. The van der Waals surface area contributed by atoms with Crippen molar-refractivity contribution < 1.29 is 14.7 Å². The second-order valence-electron chi connectivity index (χ2n) is 4.94. The highest BCUT2D eigenvalue weighted by atomic mass is 32.2. The third-order valence-electron chi connectivity index (χ3n) is 3.21. The van der Waals surface area contributed by atoms with Crippen molar-refractivity contribution in [3.05, 3.63) is 10.6 Å². The van der Waals surface area contributed by atoms with Crippen LogP contribution in [-0.4, -0.2) is 48.6 Å². The van der Waals surface area contributed by atoms with Crippen LogP contribution in [0.3, 0.4) is 0 Å². The Hall–Kier alpha value is -1.15. The third kappa shape index (κ3) is 2.67. The number of carbonyl (C=O) groups excluding carboxylic acids is 1. The first-order valence-electron chi connectivity index (χ1n) is 6.45. The fourth-order valence-electron chi connectivity index (χ4n) is 2.21. The van der Waals surface area contributed by atoms with E-state index in [9.17, 15) is 14.7 Å². The van der Waals surface area contributed by atoms with Crippen LogP contribution in [0.2, 0.25) is 0 Å². The molecule has 0 bridgehead atoms. The molecule has 1 N–H and O–H groups in total. The zero-order valence-electron chi connectivity index (χ0n) is 11.6. The van der Waals surface area contributed by atoms with Crippen LogP contribution in [0.5, 0.6) is 0 Å². The van der Waals surface area contributed by atoms with Crippen molar-refractivity contribution in [2.45, 2.75) is 38.6 Å². The maximum atomic E-state index is 12.7. The number of carbonyl (C=O) groups is 2. The topological polar surface area (TPSA) is 83.4 Å². The molecule has 2 unspecified atom stereocenters. The summed E-state index contributed by atoms with van der Waals surface area (Å²) in [6.45, 7) is 5.89. The Kier molecular flexibility index (Phi) is 4.64. The van der Waals surface area contributed by atoms with Gasteiger partial charge in [-0.2, -0.15) is 0 Å². The predicted octanol–water partition coefficient (Wildman–Crippen LogP) is 1.72. The Labute approximate surface area is 125 Å². The van der Waals surface area contributed by atoms with Crippen LogP contribution in [0.1, 0.15) is 36.1 Å². The third-order valence-corrected chi connectivity index (χ3v) is 5.59. The predicted molar refractivity (Wildman–Crippen MR) is 78.0 cm³/mol. The zero-order valence-corrected chi connectivity index (χ0v) is 13.2. The van der Waals surface area contributed by atoms with E-state index in [0.717, 1.165) is 11.5 Å². The molecule has 8 heteroatoms. The minimum absolute atomic E-state index is 0.115. The van der Waals surface area contributed by atoms with Crippen LogP contribution in [0.15, 0.2) is 0 Å². The molecule has 0 saturated carbocycles. The average molecular weight is 315 g/mol. The van der Waals surface area contributed by atoms with Crippen LogP contribution in [0, 0.1) is 5.92 Å². The number of carboxylic acids is 1. The molecular formula is C12H17N3O3S2. The SMILES string of the molecule is CCc1nnsc1C(=O)N1C(C(=O)O)CSC1C(C)C. The molecule has 6 nitrogen and oxygen atoms in total. The van der Waals surface area contributed by atoms with E-state index in [4.69, 9.17) is 0 Å². The van der Waals surface area contributed by atoms with Crippen LogP contribution >= 0.6 is 23.3 Å². The van der Waals surface area contributed by atoms with E-state index < -0.39 is 12.0 Å². The van der Waals surface area contributed by atoms with Gasteiger partial charge in [0, 0.05) is 5.75 Å². The largest absolute Gasteiger partial charge is 0.480 e. The van der Waals surface area contributed by atoms with Gasteiger partial charge in [-0.15, -0.1) is 16.9 Å². The summed E-state index contributed by atoms with van der Waals surface area (Å²) < 4.78 is 3.82. The number of hydrogen-bond donors (Lipinski definition) is 1. The van der Waals surface area contributed by atoms with Crippen molar-refractivity contribution in [3.8, 4) is 0 Å². The first-order valence-corrected chi connectivity index (χ1v) is 8.27. The minimum Gasteiger partial charge on any atom is -0.480 e. The van der Waals surface area contributed by atoms with E-state index >= 15 is 0 Å². The summed E-state index contributed by atoms with van der Waals surface area (Å²) in [5.74, 6) is -0.589. The summed E-state index contributed by atoms with van der Waals surface area (Å²) >= 11 is 2.56. The lowest BCUT2D eigenvalue weighted by Gasteiger charge is -2.29. The summed E-state index contributed by atoms with van der Waals surface area (Å²) in [6, 6.07) is -0.772. The van der Waals surface area contributed by atoms with Crippen LogP contribution in [0.25, 0.3) is 0 Å². The molecule has 0 aromatic carbocycles. The van der Waals surface area contributed by atoms with Gasteiger partial charge in [-0.25, -0.2) is 4.79 Å². The molecule has 0 spiro atoms. The molecule has 1 aliphatic rings. The Morgan fingerprint density at radius 1 is 1.50 bits per heavy atom. The van der Waals surface area contributed by atoms with Crippen molar-refractivity contribution >= 4 is 35.2 Å². The van der Waals surface area contributed by atoms with Gasteiger partial charge >= 0.3 is 5.97 Å². The van der Waals surface area contributed by atoms with Gasteiger partial charge in [0.05, 0.1) is 11.1 Å². The smallest absolute Gasteiger partial charge is 0.327 e. The Balaban J connectivity index is 2.34. The Bertz CT molecular complexity index is 518. The summed E-state index contributed by atoms with van der Waals surface area (Å²) in [5, 5.41) is 13.1. The van der Waals surface area contributed by atoms with Gasteiger partial charge in [0.15, 0.2) is 0 Å². The van der Waals surface area contributed by atoms with E-state index in [-0.39, 0.29) is 17.2 Å². The second-order valence-corrected chi connectivity index (χ2v) is 6.84. The van der Waals surface area contributed by atoms with Gasteiger partial charge in [0.1, 0.15) is 10.9 Å². The summed E-state index contributed by atoms with van der Waals surface area (Å²) in [5.41, 5.74) is 0.642. The van der Waals surface area contributed by atoms with Crippen LogP contribution in [-0.2, 0) is 11.2 Å². The molecule has 1 aliphatic heterocycles. The van der Waals surface area contributed by atoms with E-state index in [0.29, 0.717) is 22.7 Å². The molecule has 20 heavy (non-hydrogen) atoms. The van der Waals surface area contributed by atoms with Gasteiger partial charge < -0.3 is 10.0 Å². The van der Waals surface area contributed by atoms with E-state index in [2.05, 4.69) is 9.59 Å². The molecule has 2 atom stereocenters. The zero-order chi connectivity index (χ0) is 14.9. The average Bonchev–Trinajstić information content (AvgIpc) is 3.03. The Morgan fingerprint density at radius 3 is 2.75 bits per heavy atom. The number of thioether (sulfide) groups is 1. The maximum Gasteiger partial charge on any atom is 0.327 e. The molecular weight excluding hydrogens is 298 g/mol. The van der Waals surface area contributed by atoms with Crippen molar-refractivity contribution in [1.29, 1.82) is 0 Å². The molecule has 110 valence electrons. The fraction of sp³-hybridized carbons (Fsp3) is 0.667. The van der Waals surface area contributed by atoms with Gasteiger partial charge in [-0.1, -0.05) is 25.3 Å². The highest BCUT2D eigenvalue weighted by Gasteiger charge is 2.44. The van der Waals surface area contributed by atoms with E-state index in [1.54, 1.807) is 0 Å².